The summed E-state index contributed by atoms with van der Waals surface area (Å²) in [6.07, 6.45) is 10.5. The normalized spacial score (nSPS) is 18.1. The second kappa shape index (κ2) is 11.6. The van der Waals surface area contributed by atoms with Crippen LogP contribution in [0.2, 0.25) is 0 Å². The summed E-state index contributed by atoms with van der Waals surface area (Å²) in [5.74, 6) is 0.840. The Bertz CT molecular complexity index is 1050. The SMILES string of the molecule is CCCCC1CCC(CCOc2ccc(-c3ccc(-c4ccc(C)cc4)c(F)c3F)cc2)CC1. The van der Waals surface area contributed by atoms with Crippen LogP contribution in [0.25, 0.3) is 22.3 Å². The topological polar surface area (TPSA) is 9.23 Å². The zero-order valence-corrected chi connectivity index (χ0v) is 20.5. The van der Waals surface area contributed by atoms with E-state index in [2.05, 4.69) is 6.92 Å². The molecule has 1 aliphatic rings. The van der Waals surface area contributed by atoms with Gasteiger partial charge in [-0.3, -0.25) is 0 Å². The van der Waals surface area contributed by atoms with Crippen molar-refractivity contribution in [2.75, 3.05) is 6.61 Å². The van der Waals surface area contributed by atoms with Gasteiger partial charge in [0.2, 0.25) is 0 Å². The Morgan fingerprint density at radius 3 is 1.74 bits per heavy atom. The maximum atomic E-state index is 14.9. The first-order valence-electron chi connectivity index (χ1n) is 12.8. The summed E-state index contributed by atoms with van der Waals surface area (Å²) in [5, 5.41) is 0. The highest BCUT2D eigenvalue weighted by Gasteiger charge is 2.21. The second-order valence-electron chi connectivity index (χ2n) is 9.85. The number of unbranched alkanes of at least 4 members (excludes halogenated alkanes) is 1. The molecule has 3 aromatic carbocycles. The molecule has 0 atom stereocenters. The third-order valence-electron chi connectivity index (χ3n) is 7.34. The zero-order chi connectivity index (χ0) is 23.9. The molecule has 0 bridgehead atoms. The summed E-state index contributed by atoms with van der Waals surface area (Å²) in [4.78, 5) is 0. The highest BCUT2D eigenvalue weighted by Crippen LogP contribution is 2.34. The fraction of sp³-hybridized carbons (Fsp3) is 0.419. The van der Waals surface area contributed by atoms with Crippen molar-refractivity contribution in [2.45, 2.75) is 65.2 Å². The Morgan fingerprint density at radius 1 is 0.706 bits per heavy atom. The molecule has 0 aliphatic heterocycles. The lowest BCUT2D eigenvalue weighted by molar-refractivity contribution is 0.210. The monoisotopic (exact) mass is 462 g/mol. The number of benzene rings is 3. The molecule has 1 nitrogen and oxygen atoms in total. The molecular formula is C31H36F2O. The number of hydrogen-bond acceptors (Lipinski definition) is 1. The maximum absolute atomic E-state index is 14.9. The molecule has 180 valence electrons. The van der Waals surface area contributed by atoms with Crippen LogP contribution in [-0.4, -0.2) is 6.61 Å². The molecule has 1 fully saturated rings. The lowest BCUT2D eigenvalue weighted by atomic mass is 9.79. The first kappa shape index (κ1) is 24.4. The van der Waals surface area contributed by atoms with Crippen molar-refractivity contribution < 1.29 is 13.5 Å². The van der Waals surface area contributed by atoms with Gasteiger partial charge in [0.15, 0.2) is 11.6 Å². The van der Waals surface area contributed by atoms with Gasteiger partial charge in [-0.1, -0.05) is 106 Å². The molecule has 3 heteroatoms. The van der Waals surface area contributed by atoms with E-state index in [1.165, 1.54) is 44.9 Å². The van der Waals surface area contributed by atoms with Gasteiger partial charge in [-0.05, 0) is 48.4 Å². The first-order chi connectivity index (χ1) is 16.5. The fourth-order valence-corrected chi connectivity index (χ4v) is 5.10. The average Bonchev–Trinajstić information content (AvgIpc) is 2.86. The van der Waals surface area contributed by atoms with Crippen molar-refractivity contribution in [3.8, 4) is 28.0 Å². The Morgan fingerprint density at radius 2 is 1.21 bits per heavy atom. The third-order valence-corrected chi connectivity index (χ3v) is 7.34. The number of rotatable bonds is 9. The molecular weight excluding hydrogens is 426 g/mol. The molecule has 3 aromatic rings. The van der Waals surface area contributed by atoms with Crippen LogP contribution in [0.3, 0.4) is 0 Å². The van der Waals surface area contributed by atoms with Crippen LogP contribution in [-0.2, 0) is 0 Å². The Balaban J connectivity index is 1.32. The van der Waals surface area contributed by atoms with E-state index in [0.29, 0.717) is 17.7 Å². The molecule has 34 heavy (non-hydrogen) atoms. The molecule has 4 rings (SSSR count). The average molecular weight is 463 g/mol. The minimum Gasteiger partial charge on any atom is -0.494 e. The Kier molecular flexibility index (Phi) is 8.37. The van der Waals surface area contributed by atoms with Gasteiger partial charge in [0.05, 0.1) is 6.61 Å². The van der Waals surface area contributed by atoms with Gasteiger partial charge in [0.1, 0.15) is 5.75 Å². The molecule has 1 saturated carbocycles. The van der Waals surface area contributed by atoms with E-state index < -0.39 is 11.6 Å². The van der Waals surface area contributed by atoms with E-state index in [1.807, 2.05) is 43.3 Å². The molecule has 0 unspecified atom stereocenters. The van der Waals surface area contributed by atoms with Crippen LogP contribution >= 0.6 is 0 Å². The summed E-state index contributed by atoms with van der Waals surface area (Å²) in [6.45, 7) is 4.95. The van der Waals surface area contributed by atoms with E-state index >= 15 is 0 Å². The first-order valence-corrected chi connectivity index (χ1v) is 12.8. The zero-order valence-electron chi connectivity index (χ0n) is 20.5. The molecule has 0 heterocycles. The highest BCUT2D eigenvalue weighted by atomic mass is 19.2. The van der Waals surface area contributed by atoms with Gasteiger partial charge < -0.3 is 4.74 Å². The minimum atomic E-state index is -0.818. The van der Waals surface area contributed by atoms with Crippen LogP contribution in [0.5, 0.6) is 5.75 Å². The van der Waals surface area contributed by atoms with E-state index in [-0.39, 0.29) is 11.1 Å². The molecule has 0 N–H and O–H groups in total. The largest absolute Gasteiger partial charge is 0.494 e. The standard InChI is InChI=1S/C31H36F2O/c1-3-4-5-23-8-10-24(11-9-23)20-21-34-27-16-14-26(15-17-27)29-19-18-28(30(32)31(29)33)25-12-6-22(2)7-13-25/h6-7,12-19,23-24H,3-5,8-11,20-21H2,1-2H3. The van der Waals surface area contributed by atoms with Gasteiger partial charge in [-0.2, -0.15) is 0 Å². The van der Waals surface area contributed by atoms with Crippen molar-refractivity contribution in [1.29, 1.82) is 0 Å². The van der Waals surface area contributed by atoms with Crippen molar-refractivity contribution in [3.63, 3.8) is 0 Å². The smallest absolute Gasteiger partial charge is 0.167 e. The van der Waals surface area contributed by atoms with Gasteiger partial charge in [0, 0.05) is 11.1 Å². The summed E-state index contributed by atoms with van der Waals surface area (Å²) >= 11 is 0. The fourth-order valence-electron chi connectivity index (χ4n) is 5.10. The lowest BCUT2D eigenvalue weighted by Gasteiger charge is -2.28. The summed E-state index contributed by atoms with van der Waals surface area (Å²) in [6, 6.07) is 18.0. The van der Waals surface area contributed by atoms with E-state index in [9.17, 15) is 8.78 Å². The third kappa shape index (κ3) is 6.05. The van der Waals surface area contributed by atoms with Crippen LogP contribution in [0, 0.1) is 30.4 Å². The van der Waals surface area contributed by atoms with Crippen LogP contribution < -0.4 is 4.74 Å². The number of ether oxygens (including phenoxy) is 1. The molecule has 0 radical (unpaired) electrons. The number of hydrogen-bond donors (Lipinski definition) is 0. The predicted octanol–water partition coefficient (Wildman–Crippen LogP) is 9.37. The molecule has 1 aliphatic carbocycles. The van der Waals surface area contributed by atoms with Gasteiger partial charge >= 0.3 is 0 Å². The van der Waals surface area contributed by atoms with Gasteiger partial charge in [-0.15, -0.1) is 0 Å². The molecule has 0 spiro atoms. The summed E-state index contributed by atoms with van der Waals surface area (Å²) < 4.78 is 35.7. The number of aryl methyl sites for hydroxylation is 1. The molecule has 0 amide bonds. The van der Waals surface area contributed by atoms with E-state index in [0.717, 1.165) is 29.6 Å². The van der Waals surface area contributed by atoms with Crippen LogP contribution in [0.15, 0.2) is 60.7 Å². The van der Waals surface area contributed by atoms with Crippen molar-refractivity contribution in [1.82, 2.24) is 0 Å². The molecule has 0 aromatic heterocycles. The second-order valence-corrected chi connectivity index (χ2v) is 9.85. The quantitative estimate of drug-likeness (QED) is 0.308. The molecule has 0 saturated heterocycles. The van der Waals surface area contributed by atoms with Crippen molar-refractivity contribution in [2.24, 2.45) is 11.8 Å². The highest BCUT2D eigenvalue weighted by molar-refractivity contribution is 5.72. The van der Waals surface area contributed by atoms with E-state index in [1.54, 1.807) is 24.3 Å². The minimum absolute atomic E-state index is 0.264. The van der Waals surface area contributed by atoms with E-state index in [4.69, 9.17) is 4.74 Å². The van der Waals surface area contributed by atoms with Gasteiger partial charge in [0.25, 0.3) is 0 Å². The lowest BCUT2D eigenvalue weighted by Crippen LogP contribution is -2.16. The van der Waals surface area contributed by atoms with Crippen molar-refractivity contribution >= 4 is 0 Å². The summed E-state index contributed by atoms with van der Waals surface area (Å²) in [5.41, 5.74) is 2.94. The predicted molar refractivity (Wildman–Crippen MR) is 137 cm³/mol. The number of halogens is 2. The van der Waals surface area contributed by atoms with Crippen LogP contribution in [0.1, 0.15) is 63.9 Å². The van der Waals surface area contributed by atoms with Crippen molar-refractivity contribution in [3.05, 3.63) is 77.9 Å². The maximum Gasteiger partial charge on any atom is 0.167 e. The van der Waals surface area contributed by atoms with Gasteiger partial charge in [-0.25, -0.2) is 8.78 Å². The Hall–Kier alpha value is -2.68. The van der Waals surface area contributed by atoms with Crippen LogP contribution in [0.4, 0.5) is 8.78 Å². The Labute approximate surface area is 203 Å². The summed E-state index contributed by atoms with van der Waals surface area (Å²) in [7, 11) is 0.